The number of oxime groups is 1. The molecule has 0 radical (unpaired) electrons. The van der Waals surface area contributed by atoms with Crippen LogP contribution in [0.4, 0.5) is 18.9 Å². The highest BCUT2D eigenvalue weighted by atomic mass is 32.2. The highest BCUT2D eigenvalue weighted by Gasteiger charge is 2.46. The summed E-state index contributed by atoms with van der Waals surface area (Å²) in [5.74, 6) is 0. The maximum Gasteiger partial charge on any atom is 0.516 e. The number of anilines is 1. The van der Waals surface area contributed by atoms with Gasteiger partial charge in [0, 0.05) is 23.5 Å². The number of aromatic nitrogens is 1. The molecule has 1 aromatic carbocycles. The molecule has 0 amide bonds. The first-order chi connectivity index (χ1) is 12.6. The molecule has 0 fully saturated rings. The number of benzene rings is 1. The van der Waals surface area contributed by atoms with E-state index in [0.29, 0.717) is 12.1 Å². The first-order valence-electron chi connectivity index (χ1n) is 7.92. The predicted molar refractivity (Wildman–Crippen MR) is 95.6 cm³/mol. The standard InChI is InChI=1S/C17H18F3N3O3S/c1-3-15(22-26-11-13-5-4-8-21-10-13)14-9-12(2)6-7-16(14)23-27(24,25)17(18,19)20/h4-10,23H,3,11H2,1-2H3/b22-15+. The minimum atomic E-state index is -5.55. The van der Waals surface area contributed by atoms with E-state index >= 15 is 0 Å². The number of pyridine rings is 1. The van der Waals surface area contributed by atoms with Crippen molar-refractivity contribution in [1.82, 2.24) is 4.98 Å². The lowest BCUT2D eigenvalue weighted by Gasteiger charge is -2.15. The molecular formula is C17H18F3N3O3S. The molecule has 0 saturated carbocycles. The predicted octanol–water partition coefficient (Wildman–Crippen LogP) is 3.98. The van der Waals surface area contributed by atoms with Crippen molar-refractivity contribution in [3.8, 4) is 0 Å². The van der Waals surface area contributed by atoms with Crippen molar-refractivity contribution < 1.29 is 26.4 Å². The number of rotatable bonds is 7. The van der Waals surface area contributed by atoms with Gasteiger partial charge in [-0.05, 0) is 31.5 Å². The van der Waals surface area contributed by atoms with Gasteiger partial charge in [0.1, 0.15) is 6.61 Å². The molecule has 1 aromatic heterocycles. The number of nitrogens with zero attached hydrogens (tertiary/aromatic N) is 2. The molecule has 0 bridgehead atoms. The van der Waals surface area contributed by atoms with Crippen molar-refractivity contribution in [1.29, 1.82) is 0 Å². The topological polar surface area (TPSA) is 80.7 Å². The molecule has 0 saturated heterocycles. The molecule has 1 N–H and O–H groups in total. The van der Waals surface area contributed by atoms with Crippen LogP contribution in [0.3, 0.4) is 0 Å². The number of alkyl halides is 3. The van der Waals surface area contributed by atoms with Gasteiger partial charge in [0.2, 0.25) is 0 Å². The SMILES string of the molecule is CC/C(=N\OCc1cccnc1)c1cc(C)ccc1NS(=O)(=O)C(F)(F)F. The van der Waals surface area contributed by atoms with Gasteiger partial charge < -0.3 is 4.84 Å². The van der Waals surface area contributed by atoms with Crippen LogP contribution in [0.1, 0.15) is 30.0 Å². The number of aryl methyl sites for hydroxylation is 1. The van der Waals surface area contributed by atoms with Crippen LogP contribution in [-0.4, -0.2) is 24.6 Å². The van der Waals surface area contributed by atoms with Crippen LogP contribution < -0.4 is 4.72 Å². The summed E-state index contributed by atoms with van der Waals surface area (Å²) < 4.78 is 62.6. The van der Waals surface area contributed by atoms with Crippen molar-refractivity contribution in [3.63, 3.8) is 0 Å². The number of sulfonamides is 1. The molecule has 6 nitrogen and oxygen atoms in total. The molecule has 1 heterocycles. The molecule has 0 atom stereocenters. The van der Waals surface area contributed by atoms with Crippen LogP contribution in [0.5, 0.6) is 0 Å². The Labute approximate surface area is 155 Å². The summed E-state index contributed by atoms with van der Waals surface area (Å²) in [6.45, 7) is 3.58. The van der Waals surface area contributed by atoms with Crippen molar-refractivity contribution in [2.45, 2.75) is 32.4 Å². The largest absolute Gasteiger partial charge is 0.516 e. The molecule has 0 unspecified atom stereocenters. The highest BCUT2D eigenvalue weighted by Crippen LogP contribution is 2.28. The zero-order valence-electron chi connectivity index (χ0n) is 14.6. The second-order valence-corrected chi connectivity index (χ2v) is 7.30. The quantitative estimate of drug-likeness (QED) is 0.562. The van der Waals surface area contributed by atoms with Gasteiger partial charge in [-0.2, -0.15) is 21.6 Å². The van der Waals surface area contributed by atoms with E-state index in [-0.39, 0.29) is 17.9 Å². The average molecular weight is 401 g/mol. The first-order valence-corrected chi connectivity index (χ1v) is 9.40. The Hall–Kier alpha value is -2.62. The van der Waals surface area contributed by atoms with Gasteiger partial charge >= 0.3 is 15.5 Å². The normalized spacial score (nSPS) is 12.7. The van der Waals surface area contributed by atoms with Crippen LogP contribution in [0.25, 0.3) is 0 Å². The lowest BCUT2D eigenvalue weighted by atomic mass is 10.0. The fourth-order valence-electron chi connectivity index (χ4n) is 2.16. The smallest absolute Gasteiger partial charge is 0.391 e. The average Bonchev–Trinajstić information content (AvgIpc) is 2.60. The van der Waals surface area contributed by atoms with E-state index in [2.05, 4.69) is 10.1 Å². The summed E-state index contributed by atoms with van der Waals surface area (Å²) >= 11 is 0. The Kier molecular flexibility index (Phi) is 6.42. The van der Waals surface area contributed by atoms with Crippen LogP contribution in [0, 0.1) is 6.92 Å². The Morgan fingerprint density at radius 1 is 1.30 bits per heavy atom. The minimum absolute atomic E-state index is 0.118. The summed E-state index contributed by atoms with van der Waals surface area (Å²) in [6.07, 6.45) is 3.52. The lowest BCUT2D eigenvalue weighted by molar-refractivity contribution is -0.0429. The third-order valence-corrected chi connectivity index (χ3v) is 4.60. The van der Waals surface area contributed by atoms with Gasteiger partial charge in [0.25, 0.3) is 0 Å². The minimum Gasteiger partial charge on any atom is -0.391 e. The van der Waals surface area contributed by atoms with Gasteiger partial charge in [-0.25, -0.2) is 0 Å². The molecule has 2 aromatic rings. The van der Waals surface area contributed by atoms with Crippen LogP contribution in [-0.2, 0) is 21.5 Å². The van der Waals surface area contributed by atoms with E-state index in [4.69, 9.17) is 4.84 Å². The van der Waals surface area contributed by atoms with Gasteiger partial charge in [-0.3, -0.25) is 9.71 Å². The number of hydrogen-bond acceptors (Lipinski definition) is 5. The summed E-state index contributed by atoms with van der Waals surface area (Å²) in [7, 11) is -5.55. The Morgan fingerprint density at radius 3 is 2.63 bits per heavy atom. The number of nitrogens with one attached hydrogen (secondary N) is 1. The second kappa shape index (κ2) is 8.38. The molecule has 10 heteroatoms. The molecule has 27 heavy (non-hydrogen) atoms. The van der Waals surface area contributed by atoms with E-state index in [1.54, 1.807) is 49.2 Å². The fraction of sp³-hybridized carbons (Fsp3) is 0.294. The van der Waals surface area contributed by atoms with Crippen LogP contribution >= 0.6 is 0 Å². The van der Waals surface area contributed by atoms with Gasteiger partial charge in [-0.1, -0.05) is 29.8 Å². The first kappa shape index (κ1) is 20.7. The van der Waals surface area contributed by atoms with Gasteiger partial charge in [0.05, 0.1) is 11.4 Å². The molecule has 146 valence electrons. The Balaban J connectivity index is 2.31. The van der Waals surface area contributed by atoms with Gasteiger partial charge in [0.15, 0.2) is 0 Å². The second-order valence-electron chi connectivity index (χ2n) is 5.63. The fourth-order valence-corrected chi connectivity index (χ4v) is 2.74. The summed E-state index contributed by atoms with van der Waals surface area (Å²) in [4.78, 5) is 9.21. The van der Waals surface area contributed by atoms with E-state index in [0.717, 1.165) is 11.1 Å². The maximum atomic E-state index is 12.7. The van der Waals surface area contributed by atoms with Crippen molar-refractivity contribution in [2.24, 2.45) is 5.16 Å². The third-order valence-electron chi connectivity index (χ3n) is 3.50. The van der Waals surface area contributed by atoms with E-state index in [1.165, 1.54) is 12.1 Å². The zero-order chi connectivity index (χ0) is 20.1. The maximum absolute atomic E-state index is 12.7. The van der Waals surface area contributed by atoms with E-state index in [9.17, 15) is 21.6 Å². The lowest BCUT2D eigenvalue weighted by Crippen LogP contribution is -2.30. The Morgan fingerprint density at radius 2 is 2.04 bits per heavy atom. The molecular weight excluding hydrogens is 383 g/mol. The molecule has 0 aliphatic rings. The molecule has 2 rings (SSSR count). The van der Waals surface area contributed by atoms with Crippen LogP contribution in [0.2, 0.25) is 0 Å². The molecule has 0 spiro atoms. The van der Waals surface area contributed by atoms with Crippen molar-refractivity contribution in [3.05, 3.63) is 59.4 Å². The van der Waals surface area contributed by atoms with Crippen molar-refractivity contribution in [2.75, 3.05) is 4.72 Å². The number of hydrogen-bond donors (Lipinski definition) is 1. The summed E-state index contributed by atoms with van der Waals surface area (Å²) in [6, 6.07) is 7.82. The zero-order valence-corrected chi connectivity index (χ0v) is 15.4. The summed E-state index contributed by atoms with van der Waals surface area (Å²) in [5.41, 5.74) is -3.62. The number of halogens is 3. The molecule has 0 aliphatic carbocycles. The summed E-state index contributed by atoms with van der Waals surface area (Å²) in [5, 5.41) is 3.97. The van der Waals surface area contributed by atoms with E-state index < -0.39 is 15.5 Å². The van der Waals surface area contributed by atoms with Gasteiger partial charge in [-0.15, -0.1) is 0 Å². The molecule has 0 aliphatic heterocycles. The van der Waals surface area contributed by atoms with E-state index in [1.807, 2.05) is 0 Å². The Bertz CT molecular complexity index is 914. The monoisotopic (exact) mass is 401 g/mol. The van der Waals surface area contributed by atoms with Crippen LogP contribution in [0.15, 0.2) is 47.9 Å². The third kappa shape index (κ3) is 5.43. The highest BCUT2D eigenvalue weighted by molar-refractivity contribution is 7.93. The van der Waals surface area contributed by atoms with Crippen molar-refractivity contribution >= 4 is 21.4 Å².